The molecule has 0 fully saturated rings. The molecule has 0 heterocycles. The second-order valence-corrected chi connectivity index (χ2v) is 4.63. The van der Waals surface area contributed by atoms with Gasteiger partial charge in [-0.15, -0.1) is 0 Å². The van der Waals surface area contributed by atoms with E-state index in [0.29, 0.717) is 6.54 Å². The van der Waals surface area contributed by atoms with Gasteiger partial charge < -0.3 is 5.11 Å². The van der Waals surface area contributed by atoms with E-state index in [1.807, 2.05) is 42.2 Å². The number of amides is 2. The van der Waals surface area contributed by atoms with Gasteiger partial charge in [0, 0.05) is 6.54 Å². The second kappa shape index (κ2) is 9.23. The third-order valence-corrected chi connectivity index (χ3v) is 2.81. The van der Waals surface area contributed by atoms with E-state index in [4.69, 9.17) is 5.11 Å². The number of imide groups is 1. The van der Waals surface area contributed by atoms with Gasteiger partial charge in [0.05, 0.1) is 19.6 Å². The van der Waals surface area contributed by atoms with E-state index >= 15 is 0 Å². The van der Waals surface area contributed by atoms with Crippen molar-refractivity contribution in [1.29, 1.82) is 0 Å². The number of hydrogen-bond acceptors (Lipinski definition) is 4. The molecular weight excluding hydrogens is 256 g/mol. The number of nitrogens with one attached hydrogen (secondary N) is 1. The maximum atomic E-state index is 11.7. The smallest absolute Gasteiger partial charge is 0.240 e. The predicted molar refractivity (Wildman–Crippen MR) is 77.1 cm³/mol. The minimum Gasteiger partial charge on any atom is -0.395 e. The first-order valence-corrected chi connectivity index (χ1v) is 6.85. The Hall–Kier alpha value is -1.72. The van der Waals surface area contributed by atoms with E-state index in [1.54, 1.807) is 0 Å². The number of nitrogens with zero attached hydrogens (tertiary/aromatic N) is 1. The maximum Gasteiger partial charge on any atom is 0.240 e. The SMILES string of the molecule is CCCN(CCO)CC(=O)NC(=O)Cc1ccccc1. The van der Waals surface area contributed by atoms with Gasteiger partial charge in [0.15, 0.2) is 0 Å². The molecule has 0 aliphatic carbocycles. The Morgan fingerprint density at radius 3 is 2.45 bits per heavy atom. The molecule has 110 valence electrons. The first-order valence-electron chi connectivity index (χ1n) is 6.85. The van der Waals surface area contributed by atoms with Crippen LogP contribution in [0, 0.1) is 0 Å². The lowest BCUT2D eigenvalue weighted by Crippen LogP contribution is -2.41. The zero-order valence-corrected chi connectivity index (χ0v) is 11.8. The molecule has 1 rings (SSSR count). The number of carbonyl (C=O) groups excluding carboxylic acids is 2. The van der Waals surface area contributed by atoms with Gasteiger partial charge in [-0.1, -0.05) is 37.3 Å². The van der Waals surface area contributed by atoms with Gasteiger partial charge >= 0.3 is 0 Å². The molecule has 2 amide bonds. The molecule has 0 saturated heterocycles. The van der Waals surface area contributed by atoms with Gasteiger partial charge in [-0.3, -0.25) is 19.8 Å². The molecule has 2 N–H and O–H groups in total. The summed E-state index contributed by atoms with van der Waals surface area (Å²) >= 11 is 0. The van der Waals surface area contributed by atoms with E-state index < -0.39 is 0 Å². The van der Waals surface area contributed by atoms with Crippen LogP contribution < -0.4 is 5.32 Å². The molecule has 0 aliphatic heterocycles. The molecule has 0 saturated carbocycles. The Balaban J connectivity index is 2.39. The quantitative estimate of drug-likeness (QED) is 0.729. The fraction of sp³-hybridized carbons (Fsp3) is 0.467. The topological polar surface area (TPSA) is 69.6 Å². The third-order valence-electron chi connectivity index (χ3n) is 2.81. The number of hydrogen-bond donors (Lipinski definition) is 2. The third kappa shape index (κ3) is 6.45. The van der Waals surface area contributed by atoms with Crippen molar-refractivity contribution in [2.45, 2.75) is 19.8 Å². The molecule has 0 atom stereocenters. The molecule has 1 aromatic carbocycles. The minimum atomic E-state index is -0.326. The number of rotatable bonds is 8. The summed E-state index contributed by atoms with van der Waals surface area (Å²) in [6.07, 6.45) is 1.09. The van der Waals surface area contributed by atoms with Crippen molar-refractivity contribution in [3.8, 4) is 0 Å². The zero-order valence-electron chi connectivity index (χ0n) is 11.8. The van der Waals surface area contributed by atoms with Crippen LogP contribution in [0.1, 0.15) is 18.9 Å². The van der Waals surface area contributed by atoms with Crippen LogP contribution in [0.4, 0.5) is 0 Å². The predicted octanol–water partition coefficient (Wildman–Crippen LogP) is 0.576. The van der Waals surface area contributed by atoms with Crippen LogP contribution in [0.2, 0.25) is 0 Å². The maximum absolute atomic E-state index is 11.7. The summed E-state index contributed by atoms with van der Waals surface area (Å²) in [6, 6.07) is 9.28. The Kier molecular flexibility index (Phi) is 7.54. The Bertz CT molecular complexity index is 414. The normalized spacial score (nSPS) is 10.6. The van der Waals surface area contributed by atoms with Gasteiger partial charge in [0.2, 0.25) is 11.8 Å². The van der Waals surface area contributed by atoms with E-state index in [2.05, 4.69) is 5.32 Å². The second-order valence-electron chi connectivity index (χ2n) is 4.63. The Morgan fingerprint density at radius 2 is 1.85 bits per heavy atom. The van der Waals surface area contributed by atoms with Crippen LogP contribution in [-0.2, 0) is 16.0 Å². The average molecular weight is 278 g/mol. The average Bonchev–Trinajstić information content (AvgIpc) is 2.40. The van der Waals surface area contributed by atoms with Gasteiger partial charge in [0.1, 0.15) is 0 Å². The fourth-order valence-electron chi connectivity index (χ4n) is 1.95. The van der Waals surface area contributed by atoms with Crippen LogP contribution in [-0.4, -0.2) is 48.1 Å². The molecule has 0 bridgehead atoms. The lowest BCUT2D eigenvalue weighted by Gasteiger charge is -2.19. The summed E-state index contributed by atoms with van der Waals surface area (Å²) in [4.78, 5) is 25.3. The minimum absolute atomic E-state index is 0.00520. The molecule has 0 radical (unpaired) electrons. The van der Waals surface area contributed by atoms with E-state index in [9.17, 15) is 9.59 Å². The van der Waals surface area contributed by atoms with Crippen LogP contribution in [0.25, 0.3) is 0 Å². The van der Waals surface area contributed by atoms with Crippen LogP contribution >= 0.6 is 0 Å². The van der Waals surface area contributed by atoms with Crippen molar-refractivity contribution in [1.82, 2.24) is 10.2 Å². The van der Waals surface area contributed by atoms with E-state index in [-0.39, 0.29) is 31.4 Å². The first kappa shape index (κ1) is 16.3. The van der Waals surface area contributed by atoms with E-state index in [0.717, 1.165) is 18.5 Å². The van der Waals surface area contributed by atoms with Crippen molar-refractivity contribution < 1.29 is 14.7 Å². The van der Waals surface area contributed by atoms with Crippen molar-refractivity contribution in [2.24, 2.45) is 0 Å². The van der Waals surface area contributed by atoms with Crippen molar-refractivity contribution >= 4 is 11.8 Å². The molecule has 5 nitrogen and oxygen atoms in total. The highest BCUT2D eigenvalue weighted by Crippen LogP contribution is 1.99. The summed E-state index contributed by atoms with van der Waals surface area (Å²) in [5, 5.41) is 11.3. The number of aliphatic hydroxyl groups excluding tert-OH is 1. The highest BCUT2D eigenvalue weighted by atomic mass is 16.3. The van der Waals surface area contributed by atoms with Gasteiger partial charge in [-0.25, -0.2) is 0 Å². The Morgan fingerprint density at radius 1 is 1.15 bits per heavy atom. The summed E-state index contributed by atoms with van der Waals surface area (Å²) < 4.78 is 0. The number of aliphatic hydroxyl groups is 1. The molecule has 1 aromatic rings. The number of carbonyl (C=O) groups is 2. The lowest BCUT2D eigenvalue weighted by molar-refractivity contribution is -0.130. The first-order chi connectivity index (χ1) is 9.65. The van der Waals surface area contributed by atoms with Crippen LogP contribution in [0.3, 0.4) is 0 Å². The van der Waals surface area contributed by atoms with Crippen molar-refractivity contribution in [3.63, 3.8) is 0 Å². The molecule has 5 heteroatoms. The molecule has 20 heavy (non-hydrogen) atoms. The highest BCUT2D eigenvalue weighted by molar-refractivity contribution is 5.96. The summed E-state index contributed by atoms with van der Waals surface area (Å²) in [5.74, 6) is -0.630. The van der Waals surface area contributed by atoms with Gasteiger partial charge in [-0.2, -0.15) is 0 Å². The van der Waals surface area contributed by atoms with Crippen LogP contribution in [0.15, 0.2) is 30.3 Å². The highest BCUT2D eigenvalue weighted by Gasteiger charge is 2.12. The summed E-state index contributed by atoms with van der Waals surface area (Å²) in [6.45, 7) is 3.30. The lowest BCUT2D eigenvalue weighted by atomic mass is 10.1. The largest absolute Gasteiger partial charge is 0.395 e. The van der Waals surface area contributed by atoms with E-state index in [1.165, 1.54) is 0 Å². The van der Waals surface area contributed by atoms with Crippen molar-refractivity contribution in [3.05, 3.63) is 35.9 Å². The van der Waals surface area contributed by atoms with Crippen LogP contribution in [0.5, 0.6) is 0 Å². The summed E-state index contributed by atoms with van der Waals surface area (Å²) in [5.41, 5.74) is 0.874. The molecule has 0 aromatic heterocycles. The molecule has 0 unspecified atom stereocenters. The van der Waals surface area contributed by atoms with Crippen molar-refractivity contribution in [2.75, 3.05) is 26.2 Å². The summed E-state index contributed by atoms with van der Waals surface area (Å²) in [7, 11) is 0. The van der Waals surface area contributed by atoms with Gasteiger partial charge in [-0.05, 0) is 18.5 Å². The van der Waals surface area contributed by atoms with Gasteiger partial charge in [0.25, 0.3) is 0 Å². The molecular formula is C15H22N2O3. The molecule has 0 aliphatic rings. The Labute approximate surface area is 119 Å². The monoisotopic (exact) mass is 278 g/mol. The number of benzene rings is 1. The standard InChI is InChI=1S/C15H22N2O3/c1-2-8-17(9-10-18)12-15(20)16-14(19)11-13-6-4-3-5-7-13/h3-7,18H,2,8-12H2,1H3,(H,16,19,20). The fourth-order valence-corrected chi connectivity index (χ4v) is 1.95. The molecule has 0 spiro atoms. The zero-order chi connectivity index (χ0) is 14.8.